The van der Waals surface area contributed by atoms with Crippen molar-refractivity contribution in [2.45, 2.75) is 31.6 Å². The lowest BCUT2D eigenvalue weighted by molar-refractivity contribution is 0.587. The number of hydrogen-bond acceptors (Lipinski definition) is 3. The van der Waals surface area contributed by atoms with Crippen molar-refractivity contribution in [3.63, 3.8) is 0 Å². The Balaban J connectivity index is 2.37. The van der Waals surface area contributed by atoms with Crippen LogP contribution in [0.1, 0.15) is 18.4 Å². The summed E-state index contributed by atoms with van der Waals surface area (Å²) in [5, 5.41) is 0.518. The van der Waals surface area contributed by atoms with Crippen LogP contribution < -0.4 is 11.2 Å². The highest BCUT2D eigenvalue weighted by molar-refractivity contribution is 8.00. The number of halogens is 1. The minimum atomic E-state index is -0.409. The van der Waals surface area contributed by atoms with Gasteiger partial charge in [0.1, 0.15) is 5.15 Å². The number of nitrogens with zero attached hydrogens (tertiary/aromatic N) is 1. The molecular formula is C10H13ClN2O2S. The Bertz CT molecular complexity index is 503. The van der Waals surface area contributed by atoms with E-state index in [0.717, 1.165) is 18.6 Å². The Morgan fingerprint density at radius 2 is 2.31 bits per heavy atom. The maximum absolute atomic E-state index is 11.8. The first-order chi connectivity index (χ1) is 7.59. The number of nitrogens with one attached hydrogen (secondary N) is 1. The Morgan fingerprint density at radius 1 is 1.56 bits per heavy atom. The molecule has 1 aromatic rings. The third-order valence-electron chi connectivity index (χ3n) is 2.77. The third-order valence-corrected chi connectivity index (χ3v) is 4.53. The second-order valence-corrected chi connectivity index (χ2v) is 5.71. The summed E-state index contributed by atoms with van der Waals surface area (Å²) >= 11 is 7.55. The molecule has 1 saturated heterocycles. The first-order valence-corrected chi connectivity index (χ1v) is 6.63. The summed E-state index contributed by atoms with van der Waals surface area (Å²) in [6.45, 7) is 2.11. The van der Waals surface area contributed by atoms with E-state index in [-0.39, 0.29) is 10.7 Å². The van der Waals surface area contributed by atoms with Gasteiger partial charge < -0.3 is 0 Å². The molecule has 0 saturated carbocycles. The first kappa shape index (κ1) is 11.8. The Kier molecular flexibility index (Phi) is 3.44. The highest BCUT2D eigenvalue weighted by Gasteiger charge is 2.18. The zero-order chi connectivity index (χ0) is 11.7. The Hall–Kier alpha value is -0.680. The summed E-state index contributed by atoms with van der Waals surface area (Å²) in [4.78, 5) is 25.9. The minimum absolute atomic E-state index is 0.144. The lowest BCUT2D eigenvalue weighted by Crippen LogP contribution is -2.38. The topological polar surface area (TPSA) is 54.9 Å². The van der Waals surface area contributed by atoms with E-state index in [1.807, 2.05) is 11.8 Å². The molecule has 0 spiro atoms. The fourth-order valence-corrected chi connectivity index (χ4v) is 3.22. The van der Waals surface area contributed by atoms with Gasteiger partial charge >= 0.3 is 5.69 Å². The van der Waals surface area contributed by atoms with Crippen molar-refractivity contribution >= 4 is 23.4 Å². The average Bonchev–Trinajstić information content (AvgIpc) is 2.74. The summed E-state index contributed by atoms with van der Waals surface area (Å²) in [6, 6.07) is 0. The number of aromatic amines is 1. The molecule has 1 atom stereocenters. The van der Waals surface area contributed by atoms with Gasteiger partial charge in [-0.05, 0) is 25.5 Å². The highest BCUT2D eigenvalue weighted by atomic mass is 35.5. The molecule has 0 bridgehead atoms. The second kappa shape index (κ2) is 4.67. The van der Waals surface area contributed by atoms with Crippen molar-refractivity contribution < 1.29 is 0 Å². The number of hydrogen-bond donors (Lipinski definition) is 1. The van der Waals surface area contributed by atoms with Crippen molar-refractivity contribution in [2.75, 3.05) is 5.75 Å². The van der Waals surface area contributed by atoms with E-state index in [1.165, 1.54) is 4.57 Å². The molecule has 2 rings (SSSR count). The summed E-state index contributed by atoms with van der Waals surface area (Å²) in [6.07, 6.45) is 2.23. The quantitative estimate of drug-likeness (QED) is 0.818. The van der Waals surface area contributed by atoms with Crippen molar-refractivity contribution in [1.29, 1.82) is 0 Å². The van der Waals surface area contributed by atoms with Crippen LogP contribution in [0.5, 0.6) is 0 Å². The van der Waals surface area contributed by atoms with Gasteiger partial charge in [-0.2, -0.15) is 11.8 Å². The smallest absolute Gasteiger partial charge is 0.297 e. The van der Waals surface area contributed by atoms with Crippen LogP contribution in [0.15, 0.2) is 9.59 Å². The molecule has 1 unspecified atom stereocenters. The van der Waals surface area contributed by atoms with Crippen molar-refractivity contribution in [1.82, 2.24) is 9.55 Å². The van der Waals surface area contributed by atoms with Crippen LogP contribution in [0.3, 0.4) is 0 Å². The van der Waals surface area contributed by atoms with Gasteiger partial charge in [0.2, 0.25) is 0 Å². The maximum Gasteiger partial charge on any atom is 0.329 e. The number of thioether (sulfide) groups is 1. The molecule has 1 aromatic heterocycles. The Morgan fingerprint density at radius 3 is 2.94 bits per heavy atom. The minimum Gasteiger partial charge on any atom is -0.297 e. The normalized spacial score (nSPS) is 20.2. The molecule has 0 radical (unpaired) electrons. The maximum atomic E-state index is 11.8. The largest absolute Gasteiger partial charge is 0.329 e. The van der Waals surface area contributed by atoms with E-state index in [1.54, 1.807) is 6.92 Å². The monoisotopic (exact) mass is 260 g/mol. The molecular weight excluding hydrogens is 248 g/mol. The molecule has 4 nitrogen and oxygen atoms in total. The van der Waals surface area contributed by atoms with Crippen LogP contribution in [0.4, 0.5) is 0 Å². The number of H-pyrrole nitrogens is 1. The van der Waals surface area contributed by atoms with E-state index in [9.17, 15) is 9.59 Å². The van der Waals surface area contributed by atoms with Crippen molar-refractivity contribution in [2.24, 2.45) is 0 Å². The van der Waals surface area contributed by atoms with E-state index >= 15 is 0 Å². The molecule has 16 heavy (non-hydrogen) atoms. The van der Waals surface area contributed by atoms with Crippen LogP contribution in [0, 0.1) is 6.92 Å². The molecule has 0 aromatic carbocycles. The first-order valence-electron chi connectivity index (χ1n) is 5.20. The van der Waals surface area contributed by atoms with Gasteiger partial charge in [-0.15, -0.1) is 0 Å². The molecule has 1 aliphatic rings. The molecule has 88 valence electrons. The van der Waals surface area contributed by atoms with Gasteiger partial charge in [0.15, 0.2) is 0 Å². The molecule has 1 N–H and O–H groups in total. The average molecular weight is 261 g/mol. The van der Waals surface area contributed by atoms with Crippen LogP contribution in [-0.2, 0) is 6.54 Å². The zero-order valence-electron chi connectivity index (χ0n) is 8.96. The van der Waals surface area contributed by atoms with E-state index < -0.39 is 5.69 Å². The molecule has 0 amide bonds. The van der Waals surface area contributed by atoms with Gasteiger partial charge in [0.25, 0.3) is 5.56 Å². The highest BCUT2D eigenvalue weighted by Crippen LogP contribution is 2.26. The predicted molar refractivity (Wildman–Crippen MR) is 66.5 cm³/mol. The van der Waals surface area contributed by atoms with Gasteiger partial charge in [0, 0.05) is 17.4 Å². The van der Waals surface area contributed by atoms with Crippen LogP contribution in [-0.4, -0.2) is 20.6 Å². The molecule has 1 aliphatic heterocycles. The fraction of sp³-hybridized carbons (Fsp3) is 0.600. The summed E-state index contributed by atoms with van der Waals surface area (Å²) in [5.74, 6) is 1.11. The van der Waals surface area contributed by atoms with Crippen LogP contribution in [0.25, 0.3) is 0 Å². The van der Waals surface area contributed by atoms with Crippen molar-refractivity contribution in [3.05, 3.63) is 31.6 Å². The van der Waals surface area contributed by atoms with Gasteiger partial charge in [-0.1, -0.05) is 11.6 Å². The Labute approximate surface area is 102 Å². The second-order valence-electron chi connectivity index (χ2n) is 3.92. The number of aromatic nitrogens is 2. The van der Waals surface area contributed by atoms with Crippen LogP contribution in [0.2, 0.25) is 5.15 Å². The molecule has 0 aliphatic carbocycles. The van der Waals surface area contributed by atoms with Crippen LogP contribution >= 0.6 is 23.4 Å². The van der Waals surface area contributed by atoms with Gasteiger partial charge in [-0.3, -0.25) is 14.3 Å². The summed E-state index contributed by atoms with van der Waals surface area (Å²) in [5.41, 5.74) is -0.279. The lowest BCUT2D eigenvalue weighted by atomic mass is 10.2. The summed E-state index contributed by atoms with van der Waals surface area (Å²) < 4.78 is 1.25. The van der Waals surface area contributed by atoms with Gasteiger partial charge in [0.05, 0.1) is 0 Å². The SMILES string of the molecule is Cc1c(Cl)[nH]c(=O)n(CC2CCCS2)c1=O. The van der Waals surface area contributed by atoms with E-state index in [2.05, 4.69) is 4.98 Å². The summed E-state index contributed by atoms with van der Waals surface area (Å²) in [7, 11) is 0. The molecule has 6 heteroatoms. The zero-order valence-corrected chi connectivity index (χ0v) is 10.5. The standard InChI is InChI=1S/C10H13ClN2O2S/c1-6-8(11)12-10(15)13(9(6)14)5-7-3-2-4-16-7/h7H,2-5H2,1H3,(H,12,15). The number of rotatable bonds is 2. The predicted octanol–water partition coefficient (Wildman–Crippen LogP) is 1.39. The van der Waals surface area contributed by atoms with Gasteiger partial charge in [-0.25, -0.2) is 4.79 Å². The van der Waals surface area contributed by atoms with E-state index in [0.29, 0.717) is 17.4 Å². The lowest BCUT2D eigenvalue weighted by Gasteiger charge is -2.10. The molecule has 1 fully saturated rings. The van der Waals surface area contributed by atoms with Crippen molar-refractivity contribution in [3.8, 4) is 0 Å². The van der Waals surface area contributed by atoms with E-state index in [4.69, 9.17) is 11.6 Å². The third kappa shape index (κ3) is 2.20. The fourth-order valence-electron chi connectivity index (χ4n) is 1.80. The molecule has 2 heterocycles.